The van der Waals surface area contributed by atoms with E-state index >= 15 is 0 Å². The Morgan fingerprint density at radius 1 is 1.02 bits per heavy atom. The van der Waals surface area contributed by atoms with E-state index in [2.05, 4.69) is 29.0 Å². The average Bonchev–Trinajstić information content (AvgIpc) is 3.43. The summed E-state index contributed by atoms with van der Waals surface area (Å²) in [5.74, 6) is 0.566. The van der Waals surface area contributed by atoms with Crippen LogP contribution in [0.1, 0.15) is 47.4 Å². The van der Waals surface area contributed by atoms with Gasteiger partial charge in [0, 0.05) is 36.5 Å². The van der Waals surface area contributed by atoms with Gasteiger partial charge in [0.05, 0.1) is 46.2 Å². The minimum atomic E-state index is -3.43. The topological polar surface area (TPSA) is 114 Å². The minimum Gasteiger partial charge on any atom is -0.372 e. The number of aryl methyl sites for hydroxylation is 1. The molecule has 6 rings (SSSR count). The highest BCUT2D eigenvalue weighted by Gasteiger charge is 2.25. The van der Waals surface area contributed by atoms with Crippen LogP contribution in [-0.4, -0.2) is 60.8 Å². The van der Waals surface area contributed by atoms with E-state index in [9.17, 15) is 13.2 Å². The minimum absolute atomic E-state index is 0.138. The van der Waals surface area contributed by atoms with E-state index in [4.69, 9.17) is 14.7 Å². The van der Waals surface area contributed by atoms with Crippen molar-refractivity contribution in [2.75, 3.05) is 24.2 Å². The smallest absolute Gasteiger partial charge is 0.251 e. The van der Waals surface area contributed by atoms with Gasteiger partial charge < -0.3 is 15.0 Å². The SMILES string of the molecule is C[C@@H]1CN(c2cccc(-c3ccc4cnc(CNC(=O)c5cc6c(c(S(C)(=O)=O)c5)CCC6)cc4n3)n2)C[C@H](C)O1. The molecule has 1 aliphatic carbocycles. The van der Waals surface area contributed by atoms with Crippen LogP contribution in [-0.2, 0) is 34.0 Å². The van der Waals surface area contributed by atoms with Gasteiger partial charge >= 0.3 is 0 Å². The number of sulfone groups is 1. The normalized spacial score (nSPS) is 18.9. The van der Waals surface area contributed by atoms with Crippen LogP contribution in [0.3, 0.4) is 0 Å². The first-order chi connectivity index (χ1) is 19.6. The second kappa shape index (κ2) is 10.8. The molecule has 4 heterocycles. The largest absolute Gasteiger partial charge is 0.372 e. The first-order valence-corrected chi connectivity index (χ1v) is 15.8. The number of carbonyl (C=O) groups is 1. The second-order valence-corrected chi connectivity index (χ2v) is 13.0. The molecule has 1 N–H and O–H groups in total. The van der Waals surface area contributed by atoms with Crippen LogP contribution < -0.4 is 10.2 Å². The molecule has 3 aromatic heterocycles. The third-order valence-corrected chi connectivity index (χ3v) is 8.80. The summed E-state index contributed by atoms with van der Waals surface area (Å²) in [6, 6.07) is 15.0. The van der Waals surface area contributed by atoms with Crippen LogP contribution in [0.2, 0.25) is 0 Å². The van der Waals surface area contributed by atoms with Gasteiger partial charge in [0.2, 0.25) is 0 Å². The molecule has 0 unspecified atom stereocenters. The van der Waals surface area contributed by atoms with Crippen molar-refractivity contribution in [2.45, 2.75) is 56.8 Å². The second-order valence-electron chi connectivity index (χ2n) is 11.0. The number of hydrogen-bond donors (Lipinski definition) is 1. The maximum absolute atomic E-state index is 13.0. The number of aromatic nitrogens is 3. The predicted molar refractivity (Wildman–Crippen MR) is 158 cm³/mol. The Kier molecular flexibility index (Phi) is 7.21. The van der Waals surface area contributed by atoms with E-state index in [1.807, 2.05) is 42.5 Å². The van der Waals surface area contributed by atoms with Gasteiger partial charge in [-0.25, -0.2) is 18.4 Å². The van der Waals surface area contributed by atoms with Gasteiger partial charge in [-0.1, -0.05) is 6.07 Å². The highest BCUT2D eigenvalue weighted by Crippen LogP contribution is 2.30. The number of carbonyl (C=O) groups excluding carboxylic acids is 1. The first-order valence-electron chi connectivity index (χ1n) is 13.9. The maximum atomic E-state index is 13.0. The van der Waals surface area contributed by atoms with Gasteiger partial charge in [-0.2, -0.15) is 0 Å². The molecule has 10 heteroatoms. The molecule has 1 fully saturated rings. The van der Waals surface area contributed by atoms with Crippen molar-refractivity contribution < 1.29 is 17.9 Å². The molecule has 9 nitrogen and oxygen atoms in total. The number of nitrogens with zero attached hydrogens (tertiary/aromatic N) is 4. The van der Waals surface area contributed by atoms with Crippen LogP contribution in [0.4, 0.5) is 5.82 Å². The Balaban J connectivity index is 1.21. The molecule has 4 aromatic rings. The summed E-state index contributed by atoms with van der Waals surface area (Å²) >= 11 is 0. The zero-order valence-electron chi connectivity index (χ0n) is 23.4. The van der Waals surface area contributed by atoms with E-state index in [1.165, 1.54) is 12.3 Å². The van der Waals surface area contributed by atoms with Gasteiger partial charge in [-0.15, -0.1) is 0 Å². The lowest BCUT2D eigenvalue weighted by atomic mass is 10.1. The number of benzene rings is 1. The predicted octanol–water partition coefficient (Wildman–Crippen LogP) is 4.13. The Labute approximate surface area is 239 Å². The van der Waals surface area contributed by atoms with E-state index in [-0.39, 0.29) is 29.6 Å². The quantitative estimate of drug-likeness (QED) is 0.368. The third-order valence-electron chi connectivity index (χ3n) is 7.64. The maximum Gasteiger partial charge on any atom is 0.251 e. The zero-order chi connectivity index (χ0) is 28.7. The van der Waals surface area contributed by atoms with Crippen LogP contribution in [0.25, 0.3) is 22.3 Å². The van der Waals surface area contributed by atoms with Crippen LogP contribution in [0, 0.1) is 0 Å². The molecule has 2 aliphatic rings. The number of amides is 1. The van der Waals surface area contributed by atoms with Gasteiger partial charge in [0.15, 0.2) is 9.84 Å². The average molecular weight is 572 g/mol. The fourth-order valence-electron chi connectivity index (χ4n) is 5.80. The van der Waals surface area contributed by atoms with Crippen LogP contribution in [0.15, 0.2) is 59.6 Å². The molecule has 1 aromatic carbocycles. The number of morpholine rings is 1. The fourth-order valence-corrected chi connectivity index (χ4v) is 6.83. The number of hydrogen-bond acceptors (Lipinski definition) is 8. The number of anilines is 1. The first kappa shape index (κ1) is 27.3. The Morgan fingerprint density at radius 3 is 2.59 bits per heavy atom. The van der Waals surface area contributed by atoms with E-state index in [0.29, 0.717) is 11.3 Å². The van der Waals surface area contributed by atoms with Gasteiger partial charge in [0.25, 0.3) is 5.91 Å². The molecular weight excluding hydrogens is 538 g/mol. The van der Waals surface area contributed by atoms with E-state index < -0.39 is 9.84 Å². The molecule has 1 aliphatic heterocycles. The van der Waals surface area contributed by atoms with Crippen molar-refractivity contribution in [3.63, 3.8) is 0 Å². The van der Waals surface area contributed by atoms with Crippen LogP contribution >= 0.6 is 0 Å². The third kappa shape index (κ3) is 5.80. The lowest BCUT2D eigenvalue weighted by Crippen LogP contribution is -2.45. The van der Waals surface area contributed by atoms with Gasteiger partial charge in [0.1, 0.15) is 5.82 Å². The van der Waals surface area contributed by atoms with Crippen molar-refractivity contribution in [3.8, 4) is 11.4 Å². The fraction of sp³-hybridized carbons (Fsp3) is 0.355. The Hall–Kier alpha value is -3.89. The number of ether oxygens (including phenoxy) is 1. The van der Waals surface area contributed by atoms with E-state index in [1.54, 1.807) is 6.20 Å². The van der Waals surface area contributed by atoms with Crippen LogP contribution in [0.5, 0.6) is 0 Å². The number of nitrogens with one attached hydrogen (secondary N) is 1. The molecule has 0 bridgehead atoms. The van der Waals surface area contributed by atoms with Crippen molar-refractivity contribution in [3.05, 3.63) is 77.1 Å². The summed E-state index contributed by atoms with van der Waals surface area (Å²) in [4.78, 5) is 29.8. The molecule has 1 amide bonds. The Morgan fingerprint density at radius 2 is 1.80 bits per heavy atom. The monoisotopic (exact) mass is 571 g/mol. The summed E-state index contributed by atoms with van der Waals surface area (Å²) in [6.45, 7) is 5.91. The molecule has 1 saturated heterocycles. The molecular formula is C31H33N5O4S. The highest BCUT2D eigenvalue weighted by molar-refractivity contribution is 7.90. The van der Waals surface area contributed by atoms with Crippen molar-refractivity contribution in [1.82, 2.24) is 20.3 Å². The summed E-state index contributed by atoms with van der Waals surface area (Å²) in [6.07, 6.45) is 5.61. The van der Waals surface area contributed by atoms with Crippen molar-refractivity contribution >= 4 is 32.5 Å². The number of rotatable bonds is 6. The van der Waals surface area contributed by atoms with Gasteiger partial charge in [-0.3, -0.25) is 9.78 Å². The number of fused-ring (bicyclic) bond motifs is 2. The lowest BCUT2D eigenvalue weighted by Gasteiger charge is -2.36. The molecule has 0 spiro atoms. The highest BCUT2D eigenvalue weighted by atomic mass is 32.2. The summed E-state index contributed by atoms with van der Waals surface area (Å²) in [7, 11) is -3.43. The molecule has 2 atom stereocenters. The molecule has 0 saturated carbocycles. The lowest BCUT2D eigenvalue weighted by molar-refractivity contribution is -0.00545. The molecule has 0 radical (unpaired) electrons. The summed E-state index contributed by atoms with van der Waals surface area (Å²) in [5.41, 5.74) is 5.06. The van der Waals surface area contributed by atoms with Gasteiger partial charge in [-0.05, 0) is 86.7 Å². The molecule has 41 heavy (non-hydrogen) atoms. The van der Waals surface area contributed by atoms with Crippen molar-refractivity contribution in [1.29, 1.82) is 0 Å². The number of pyridine rings is 3. The summed E-state index contributed by atoms with van der Waals surface area (Å²) < 4.78 is 30.6. The van der Waals surface area contributed by atoms with E-state index in [0.717, 1.165) is 71.6 Å². The summed E-state index contributed by atoms with van der Waals surface area (Å²) in [5, 5.41) is 3.78. The molecule has 212 valence electrons. The standard InChI is InChI=1S/C31H33N5O4S/c1-19-17-36(18-20(2)40-19)30-9-5-8-26(35-30)27-11-10-22-15-32-24(14-28(22)34-27)16-33-31(37)23-12-21-6-4-7-25(21)29(13-23)41(3,38)39/h5,8-15,19-20H,4,6-7,16-18H2,1-3H3,(H,33,37)/t19-,20+. The van der Waals surface area contributed by atoms with Crippen molar-refractivity contribution in [2.24, 2.45) is 0 Å². The Bertz CT molecular complexity index is 1750. The zero-order valence-corrected chi connectivity index (χ0v) is 24.2.